The molecule has 2 saturated heterocycles. The van der Waals surface area contributed by atoms with Gasteiger partial charge in [0.2, 0.25) is 5.91 Å². The van der Waals surface area contributed by atoms with E-state index in [1.54, 1.807) is 6.92 Å². The summed E-state index contributed by atoms with van der Waals surface area (Å²) < 4.78 is 18.2. The van der Waals surface area contributed by atoms with Crippen LogP contribution in [0.5, 0.6) is 0 Å². The van der Waals surface area contributed by atoms with Gasteiger partial charge in [0, 0.05) is 36.7 Å². The number of esters is 1. The predicted molar refractivity (Wildman–Crippen MR) is 185 cm³/mol. The number of rotatable bonds is 11. The Hall–Kier alpha value is -3.51. The van der Waals surface area contributed by atoms with Gasteiger partial charge in [-0.3, -0.25) is 14.5 Å². The molecule has 2 heterocycles. The molecule has 0 radical (unpaired) electrons. The Kier molecular flexibility index (Phi) is 12.7. The molecule has 0 spiro atoms. The number of aliphatic hydroxyl groups excluding tert-OH is 1. The van der Waals surface area contributed by atoms with Gasteiger partial charge >= 0.3 is 12.0 Å². The van der Waals surface area contributed by atoms with Crippen LogP contribution in [0.3, 0.4) is 0 Å². The van der Waals surface area contributed by atoms with Crippen LogP contribution in [0.15, 0.2) is 48.5 Å². The fourth-order valence-electron chi connectivity index (χ4n) is 7.40. The van der Waals surface area contributed by atoms with Crippen molar-refractivity contribution in [3.05, 3.63) is 70.8 Å². The third kappa shape index (κ3) is 10.3. The van der Waals surface area contributed by atoms with Crippen molar-refractivity contribution in [3.8, 4) is 0 Å². The molecule has 49 heavy (non-hydrogen) atoms. The van der Waals surface area contributed by atoms with Gasteiger partial charge in [-0.1, -0.05) is 61.4 Å². The van der Waals surface area contributed by atoms with Gasteiger partial charge < -0.3 is 35.3 Å². The number of nitrogens with one attached hydrogen (secondary N) is 3. The highest BCUT2D eigenvalue weighted by atomic mass is 16.7. The summed E-state index contributed by atoms with van der Waals surface area (Å²) in [5.74, 6) is 0.200. The van der Waals surface area contributed by atoms with Crippen LogP contribution in [0.2, 0.25) is 0 Å². The monoisotopic (exact) mass is 678 g/mol. The first kappa shape index (κ1) is 36.8. The molecule has 4 N–H and O–H groups in total. The molecule has 0 bridgehead atoms. The zero-order valence-corrected chi connectivity index (χ0v) is 29.4. The first-order valence-electron chi connectivity index (χ1n) is 17.9. The van der Waals surface area contributed by atoms with E-state index in [1.165, 1.54) is 19.3 Å². The lowest BCUT2D eigenvalue weighted by atomic mass is 9.75. The molecule has 11 heteroatoms. The molecule has 2 aromatic carbocycles. The molecule has 11 nitrogen and oxygen atoms in total. The lowest BCUT2D eigenvalue weighted by Gasteiger charge is -2.50. The van der Waals surface area contributed by atoms with E-state index >= 15 is 0 Å². The summed E-state index contributed by atoms with van der Waals surface area (Å²) in [6, 6.07) is 15.3. The molecule has 268 valence electrons. The number of ether oxygens (including phenoxy) is 3. The zero-order valence-electron chi connectivity index (χ0n) is 29.4. The average molecular weight is 679 g/mol. The van der Waals surface area contributed by atoms with Crippen LogP contribution in [-0.4, -0.2) is 71.3 Å². The maximum absolute atomic E-state index is 13.7. The maximum atomic E-state index is 13.7. The number of amides is 3. The second-order valence-electron chi connectivity index (χ2n) is 14.6. The maximum Gasteiger partial charge on any atom is 0.325 e. The van der Waals surface area contributed by atoms with Gasteiger partial charge in [0.1, 0.15) is 6.54 Å². The van der Waals surface area contributed by atoms with Crippen molar-refractivity contribution in [1.29, 1.82) is 0 Å². The third-order valence-corrected chi connectivity index (χ3v) is 9.74. The van der Waals surface area contributed by atoms with Crippen LogP contribution in [0.1, 0.15) is 107 Å². The number of likely N-dealkylation sites (tertiary alicyclic amines) is 1. The van der Waals surface area contributed by atoms with E-state index in [2.05, 4.69) is 20.9 Å². The van der Waals surface area contributed by atoms with Gasteiger partial charge in [-0.05, 0) is 76.0 Å². The summed E-state index contributed by atoms with van der Waals surface area (Å²) >= 11 is 0. The topological polar surface area (TPSA) is 138 Å². The Bertz CT molecular complexity index is 1390. The van der Waals surface area contributed by atoms with E-state index in [9.17, 15) is 19.5 Å². The molecule has 3 aliphatic rings. The van der Waals surface area contributed by atoms with Gasteiger partial charge in [-0.25, -0.2) is 4.79 Å². The van der Waals surface area contributed by atoms with Crippen molar-refractivity contribution in [2.24, 2.45) is 5.92 Å². The van der Waals surface area contributed by atoms with E-state index in [0.717, 1.165) is 41.5 Å². The highest BCUT2D eigenvalue weighted by Gasteiger charge is 2.44. The first-order valence-corrected chi connectivity index (χ1v) is 17.9. The van der Waals surface area contributed by atoms with Crippen LogP contribution in [0, 0.1) is 5.92 Å². The van der Waals surface area contributed by atoms with Crippen molar-refractivity contribution >= 4 is 17.9 Å². The lowest BCUT2D eigenvalue weighted by molar-refractivity contribution is -0.255. The largest absolute Gasteiger partial charge is 0.465 e. The highest BCUT2D eigenvalue weighted by molar-refractivity contribution is 5.82. The van der Waals surface area contributed by atoms with Gasteiger partial charge in [0.25, 0.3) is 0 Å². The fourth-order valence-corrected chi connectivity index (χ4v) is 7.40. The van der Waals surface area contributed by atoms with E-state index in [0.29, 0.717) is 24.9 Å². The molecule has 0 aromatic heterocycles. The highest BCUT2D eigenvalue weighted by Crippen LogP contribution is 2.42. The van der Waals surface area contributed by atoms with Gasteiger partial charge in [0.15, 0.2) is 6.29 Å². The third-order valence-electron chi connectivity index (χ3n) is 9.74. The molecule has 2 aromatic rings. The lowest BCUT2D eigenvalue weighted by Crippen LogP contribution is -2.61. The Balaban J connectivity index is 1.32. The molecule has 6 unspecified atom stereocenters. The SMILES string of the molecule is CCOC(=O)CNC(=O)NCc1ccc(C2OC(CN3C(C(=O)NC(C)(C)C)CCC4CCCCC43)CC(c3ccc(CO)cc3)O2)cc1. The van der Waals surface area contributed by atoms with E-state index in [-0.39, 0.29) is 56.0 Å². The number of hydrogen-bond acceptors (Lipinski definition) is 8. The number of carbonyl (C=O) groups is 3. The fraction of sp³-hybridized carbons (Fsp3) is 0.605. The number of piperidine rings is 1. The molecule has 1 aliphatic carbocycles. The number of benzene rings is 2. The minimum absolute atomic E-state index is 0.0238. The van der Waals surface area contributed by atoms with Crippen LogP contribution in [0.4, 0.5) is 4.79 Å². The van der Waals surface area contributed by atoms with Crippen LogP contribution in [0.25, 0.3) is 0 Å². The standard InChI is InChI=1S/C38H54N4O7/c1-5-47-34(44)22-40-37(46)39-21-25-10-16-29(17-11-25)36-48-30(20-33(49-36)28-14-12-26(24-43)13-15-28)23-42-31-9-7-6-8-27(31)18-19-32(42)35(45)41-38(2,3)4/h10-17,27,30-33,36,43H,5-9,18-24H2,1-4H3,(H,41,45)(H2,39,40,46). The summed E-state index contributed by atoms with van der Waals surface area (Å²) in [4.78, 5) is 39.8. The minimum atomic E-state index is -0.634. The predicted octanol–water partition coefficient (Wildman–Crippen LogP) is 5.02. The van der Waals surface area contributed by atoms with E-state index in [4.69, 9.17) is 14.2 Å². The Labute approximate surface area is 290 Å². The molecular formula is C38H54N4O7. The number of urea groups is 1. The number of aliphatic hydroxyl groups is 1. The molecular weight excluding hydrogens is 624 g/mol. The van der Waals surface area contributed by atoms with Crippen LogP contribution in [-0.2, 0) is 37.0 Å². The molecule has 3 fully saturated rings. The van der Waals surface area contributed by atoms with Crippen LogP contribution < -0.4 is 16.0 Å². The summed E-state index contributed by atoms with van der Waals surface area (Å²) in [5.41, 5.74) is 3.27. The average Bonchev–Trinajstić information content (AvgIpc) is 3.09. The van der Waals surface area contributed by atoms with Gasteiger partial charge in [-0.2, -0.15) is 0 Å². The van der Waals surface area contributed by atoms with Gasteiger partial charge in [0.05, 0.1) is 31.5 Å². The van der Waals surface area contributed by atoms with E-state index in [1.807, 2.05) is 69.3 Å². The molecule has 2 aliphatic heterocycles. The Morgan fingerprint density at radius 1 is 0.898 bits per heavy atom. The van der Waals surface area contributed by atoms with E-state index < -0.39 is 18.3 Å². The molecule has 6 atom stereocenters. The molecule has 3 amide bonds. The summed E-state index contributed by atoms with van der Waals surface area (Å²) in [6.07, 6.45) is 6.23. The second-order valence-corrected chi connectivity index (χ2v) is 14.6. The van der Waals surface area contributed by atoms with Crippen molar-refractivity contribution in [3.63, 3.8) is 0 Å². The van der Waals surface area contributed by atoms with Gasteiger partial charge in [-0.15, -0.1) is 0 Å². The number of nitrogens with zero attached hydrogens (tertiary/aromatic N) is 1. The number of fused-ring (bicyclic) bond motifs is 1. The minimum Gasteiger partial charge on any atom is -0.465 e. The summed E-state index contributed by atoms with van der Waals surface area (Å²) in [7, 11) is 0. The Morgan fingerprint density at radius 2 is 1.59 bits per heavy atom. The summed E-state index contributed by atoms with van der Waals surface area (Å²) in [6.45, 7) is 8.76. The smallest absolute Gasteiger partial charge is 0.325 e. The van der Waals surface area contributed by atoms with Crippen molar-refractivity contribution < 1.29 is 33.7 Å². The molecule has 5 rings (SSSR count). The normalized spacial score (nSPS) is 25.9. The number of hydrogen-bond donors (Lipinski definition) is 4. The Morgan fingerprint density at radius 3 is 2.29 bits per heavy atom. The first-order chi connectivity index (χ1) is 23.5. The quantitative estimate of drug-likeness (QED) is 0.243. The zero-order chi connectivity index (χ0) is 35.0. The van der Waals surface area contributed by atoms with Crippen LogP contribution >= 0.6 is 0 Å². The van der Waals surface area contributed by atoms with Crippen molar-refractivity contribution in [2.75, 3.05) is 19.7 Å². The summed E-state index contributed by atoms with van der Waals surface area (Å²) in [5, 5.41) is 18.1. The number of carbonyl (C=O) groups excluding carboxylic acids is 3. The second kappa shape index (κ2) is 16.9. The molecule has 1 saturated carbocycles. The van der Waals surface area contributed by atoms with Crippen molar-refractivity contribution in [1.82, 2.24) is 20.9 Å². The van der Waals surface area contributed by atoms with Crippen molar-refractivity contribution in [2.45, 2.75) is 122 Å².